The second-order valence-corrected chi connectivity index (χ2v) is 8.94. The SMILES string of the molecule is O=C(c1ccccc1)c1ccc(C(=O)N2CCC[C@H](c3nc4ccccc4s3)C2)cc1. The molecule has 1 aliphatic rings. The Morgan fingerprint density at radius 2 is 1.52 bits per heavy atom. The van der Waals surface area contributed by atoms with Crippen molar-refractivity contribution >= 4 is 33.2 Å². The molecular formula is C26H22N2O2S. The Labute approximate surface area is 185 Å². The fraction of sp³-hybridized carbons (Fsp3) is 0.192. The van der Waals surface area contributed by atoms with Crippen molar-refractivity contribution in [3.8, 4) is 0 Å². The maximum Gasteiger partial charge on any atom is 0.253 e. The molecule has 3 aromatic carbocycles. The topological polar surface area (TPSA) is 50.3 Å². The number of hydrogen-bond acceptors (Lipinski definition) is 4. The van der Waals surface area contributed by atoms with Crippen LogP contribution >= 0.6 is 11.3 Å². The molecule has 31 heavy (non-hydrogen) atoms. The van der Waals surface area contributed by atoms with Crippen LogP contribution in [0.25, 0.3) is 10.2 Å². The van der Waals surface area contributed by atoms with Gasteiger partial charge in [-0.1, -0.05) is 54.6 Å². The van der Waals surface area contributed by atoms with Gasteiger partial charge in [-0.3, -0.25) is 9.59 Å². The number of ketones is 1. The molecule has 1 aliphatic heterocycles. The number of benzene rings is 3. The molecule has 1 fully saturated rings. The van der Waals surface area contributed by atoms with Crippen LogP contribution in [0.1, 0.15) is 50.0 Å². The minimum Gasteiger partial charge on any atom is -0.338 e. The molecule has 5 heteroatoms. The largest absolute Gasteiger partial charge is 0.338 e. The van der Waals surface area contributed by atoms with Crippen molar-refractivity contribution in [2.24, 2.45) is 0 Å². The van der Waals surface area contributed by atoms with Crippen LogP contribution in [0.15, 0.2) is 78.9 Å². The third-order valence-electron chi connectivity index (χ3n) is 5.80. The van der Waals surface area contributed by atoms with E-state index in [9.17, 15) is 9.59 Å². The predicted molar refractivity (Wildman–Crippen MR) is 124 cm³/mol. The van der Waals surface area contributed by atoms with Crippen molar-refractivity contribution < 1.29 is 9.59 Å². The van der Waals surface area contributed by atoms with E-state index >= 15 is 0 Å². The number of thiazole rings is 1. The highest BCUT2D eigenvalue weighted by Gasteiger charge is 2.27. The van der Waals surface area contributed by atoms with Gasteiger partial charge < -0.3 is 4.90 Å². The van der Waals surface area contributed by atoms with E-state index in [1.807, 2.05) is 41.3 Å². The van der Waals surface area contributed by atoms with Gasteiger partial charge in [-0.25, -0.2) is 4.98 Å². The zero-order chi connectivity index (χ0) is 21.2. The van der Waals surface area contributed by atoms with E-state index in [1.165, 1.54) is 4.70 Å². The minimum atomic E-state index is -0.0338. The van der Waals surface area contributed by atoms with Crippen molar-refractivity contribution in [1.82, 2.24) is 9.88 Å². The molecule has 4 nitrogen and oxygen atoms in total. The first-order valence-corrected chi connectivity index (χ1v) is 11.4. The lowest BCUT2D eigenvalue weighted by Gasteiger charge is -2.32. The van der Waals surface area contributed by atoms with E-state index in [-0.39, 0.29) is 17.6 Å². The number of piperidine rings is 1. The van der Waals surface area contributed by atoms with Crippen molar-refractivity contribution in [1.29, 1.82) is 0 Å². The highest BCUT2D eigenvalue weighted by molar-refractivity contribution is 7.18. The molecule has 1 aromatic heterocycles. The number of carbonyl (C=O) groups is 2. The van der Waals surface area contributed by atoms with Gasteiger partial charge in [-0.2, -0.15) is 0 Å². The number of para-hydroxylation sites is 1. The van der Waals surface area contributed by atoms with Crippen LogP contribution in [0.4, 0.5) is 0 Å². The molecule has 0 unspecified atom stereocenters. The Morgan fingerprint density at radius 3 is 2.29 bits per heavy atom. The summed E-state index contributed by atoms with van der Waals surface area (Å²) in [4.78, 5) is 32.5. The Bertz CT molecular complexity index is 1200. The molecule has 1 atom stereocenters. The zero-order valence-electron chi connectivity index (χ0n) is 17.0. The summed E-state index contributed by atoms with van der Waals surface area (Å²) in [6.07, 6.45) is 2.02. The molecular weight excluding hydrogens is 404 g/mol. The van der Waals surface area contributed by atoms with E-state index in [2.05, 4.69) is 6.07 Å². The maximum atomic E-state index is 13.1. The van der Waals surface area contributed by atoms with Gasteiger partial charge in [0.05, 0.1) is 15.2 Å². The van der Waals surface area contributed by atoms with Gasteiger partial charge in [0.1, 0.15) is 0 Å². The van der Waals surface area contributed by atoms with Gasteiger partial charge in [-0.15, -0.1) is 11.3 Å². The van der Waals surface area contributed by atoms with Gasteiger partial charge >= 0.3 is 0 Å². The van der Waals surface area contributed by atoms with Gasteiger partial charge in [0.15, 0.2) is 5.78 Å². The number of likely N-dealkylation sites (tertiary alicyclic amines) is 1. The Morgan fingerprint density at radius 1 is 0.839 bits per heavy atom. The first-order chi connectivity index (χ1) is 15.2. The minimum absolute atomic E-state index is 0.0181. The van der Waals surface area contributed by atoms with E-state index < -0.39 is 0 Å². The molecule has 0 bridgehead atoms. The summed E-state index contributed by atoms with van der Waals surface area (Å²) in [5.74, 6) is 0.257. The van der Waals surface area contributed by atoms with Crippen molar-refractivity contribution in [3.05, 3.63) is 101 Å². The van der Waals surface area contributed by atoms with Crippen molar-refractivity contribution in [3.63, 3.8) is 0 Å². The average Bonchev–Trinajstić information content (AvgIpc) is 3.28. The molecule has 1 amide bonds. The molecule has 154 valence electrons. The number of hydrogen-bond donors (Lipinski definition) is 0. The van der Waals surface area contributed by atoms with Crippen LogP contribution in [0, 0.1) is 0 Å². The van der Waals surface area contributed by atoms with E-state index in [1.54, 1.807) is 47.7 Å². The standard InChI is InChI=1S/C26H22N2O2S/c29-24(18-7-2-1-3-8-18)19-12-14-20(15-13-19)26(30)28-16-6-9-21(17-28)25-27-22-10-4-5-11-23(22)31-25/h1-5,7-8,10-15,21H,6,9,16-17H2/t21-/m0/s1. The molecule has 5 rings (SSSR count). The van der Waals surface area contributed by atoms with Crippen molar-refractivity contribution in [2.45, 2.75) is 18.8 Å². The molecule has 0 spiro atoms. The van der Waals surface area contributed by atoms with Gasteiger partial charge in [0, 0.05) is 35.7 Å². The van der Waals surface area contributed by atoms with Crippen LogP contribution in [-0.4, -0.2) is 34.7 Å². The van der Waals surface area contributed by atoms with Crippen molar-refractivity contribution in [2.75, 3.05) is 13.1 Å². The molecule has 4 aromatic rings. The number of amides is 1. The fourth-order valence-electron chi connectivity index (χ4n) is 4.13. The summed E-state index contributed by atoms with van der Waals surface area (Å²) in [5.41, 5.74) is 2.89. The van der Waals surface area contributed by atoms with E-state index in [0.717, 1.165) is 29.9 Å². The highest BCUT2D eigenvalue weighted by Crippen LogP contribution is 2.33. The van der Waals surface area contributed by atoms with Gasteiger partial charge in [-0.05, 0) is 37.1 Å². The first-order valence-electron chi connectivity index (χ1n) is 10.5. The molecule has 0 radical (unpaired) electrons. The Balaban J connectivity index is 1.31. The van der Waals surface area contributed by atoms with E-state index in [4.69, 9.17) is 4.98 Å². The molecule has 0 saturated carbocycles. The number of rotatable bonds is 4. The molecule has 0 N–H and O–H groups in total. The molecule has 0 aliphatic carbocycles. The maximum absolute atomic E-state index is 13.1. The summed E-state index contributed by atoms with van der Waals surface area (Å²) < 4.78 is 1.19. The van der Waals surface area contributed by atoms with Gasteiger partial charge in [0.2, 0.25) is 0 Å². The summed E-state index contributed by atoms with van der Waals surface area (Å²) in [6.45, 7) is 1.44. The van der Waals surface area contributed by atoms with Crippen LogP contribution in [-0.2, 0) is 0 Å². The second kappa shape index (κ2) is 8.44. The van der Waals surface area contributed by atoms with Gasteiger partial charge in [0.25, 0.3) is 5.91 Å². The zero-order valence-corrected chi connectivity index (χ0v) is 17.8. The Hall–Kier alpha value is -3.31. The molecule has 2 heterocycles. The number of carbonyl (C=O) groups excluding carboxylic acids is 2. The lowest BCUT2D eigenvalue weighted by atomic mass is 9.97. The monoisotopic (exact) mass is 426 g/mol. The summed E-state index contributed by atoms with van der Waals surface area (Å²) in [5, 5.41) is 1.11. The van der Waals surface area contributed by atoms with Crippen LogP contribution in [0.5, 0.6) is 0 Å². The lowest BCUT2D eigenvalue weighted by Crippen LogP contribution is -2.39. The average molecular weight is 427 g/mol. The first kappa shape index (κ1) is 19.6. The summed E-state index contributed by atoms with van der Waals surface area (Å²) in [7, 11) is 0. The summed E-state index contributed by atoms with van der Waals surface area (Å²) >= 11 is 1.73. The predicted octanol–water partition coefficient (Wildman–Crippen LogP) is 5.55. The summed E-state index contributed by atoms with van der Waals surface area (Å²) in [6, 6.07) is 24.4. The second-order valence-electron chi connectivity index (χ2n) is 7.88. The van der Waals surface area contributed by atoms with Crippen LogP contribution in [0.2, 0.25) is 0 Å². The normalized spacial score (nSPS) is 16.4. The lowest BCUT2D eigenvalue weighted by molar-refractivity contribution is 0.0706. The number of fused-ring (bicyclic) bond motifs is 1. The number of aromatic nitrogens is 1. The van der Waals surface area contributed by atoms with E-state index in [0.29, 0.717) is 23.2 Å². The fourth-order valence-corrected chi connectivity index (χ4v) is 5.22. The highest BCUT2D eigenvalue weighted by atomic mass is 32.1. The quantitative estimate of drug-likeness (QED) is 0.402. The molecule has 1 saturated heterocycles. The smallest absolute Gasteiger partial charge is 0.253 e. The third kappa shape index (κ3) is 4.01. The Kier molecular flexibility index (Phi) is 5.35. The van der Waals surface area contributed by atoms with Crippen LogP contribution < -0.4 is 0 Å². The third-order valence-corrected chi connectivity index (χ3v) is 7.00. The van der Waals surface area contributed by atoms with Crippen LogP contribution in [0.3, 0.4) is 0 Å². The number of nitrogens with zero attached hydrogens (tertiary/aromatic N) is 2.